The molecule has 41 heavy (non-hydrogen) atoms. The van der Waals surface area contributed by atoms with Crippen molar-refractivity contribution in [3.05, 3.63) is 83.9 Å². The number of methoxy groups -OCH3 is 1. The van der Waals surface area contributed by atoms with Crippen LogP contribution in [0.5, 0.6) is 5.75 Å². The number of hydrogen-bond donors (Lipinski definition) is 1. The highest BCUT2D eigenvalue weighted by molar-refractivity contribution is 6.00. The predicted molar refractivity (Wildman–Crippen MR) is 161 cm³/mol. The van der Waals surface area contributed by atoms with E-state index in [9.17, 15) is 4.79 Å². The average molecular weight is 546 g/mol. The Morgan fingerprint density at radius 1 is 0.976 bits per heavy atom. The van der Waals surface area contributed by atoms with Crippen LogP contribution >= 0.6 is 0 Å². The summed E-state index contributed by atoms with van der Waals surface area (Å²) in [7, 11) is 1.68. The second-order valence-electron chi connectivity index (χ2n) is 12.1. The fourth-order valence-corrected chi connectivity index (χ4v) is 7.22. The van der Waals surface area contributed by atoms with Gasteiger partial charge in [-0.25, -0.2) is 4.98 Å². The van der Waals surface area contributed by atoms with Crippen LogP contribution in [0.3, 0.4) is 0 Å². The third kappa shape index (κ3) is 4.05. The van der Waals surface area contributed by atoms with Crippen LogP contribution in [0.1, 0.15) is 41.6 Å². The van der Waals surface area contributed by atoms with Gasteiger partial charge < -0.3 is 24.5 Å². The van der Waals surface area contributed by atoms with Crippen LogP contribution < -0.4 is 10.5 Å². The molecule has 3 aliphatic rings. The monoisotopic (exact) mass is 545 g/mol. The molecule has 8 rings (SSSR count). The minimum atomic E-state index is 0.0230. The standard InChI is InChI=1S/C34H35N5O2/c1-41-30-17-25(34(40)38-20-24-13-14-28(38)31(24)35)15-26-32(30)39(19-21-7-3-2-4-8-21)33(36-26)29-16-23-9-5-6-10-27(23)37(29)18-22-11-12-22/h2-10,15-17,22,24,28,31H,11-14,18-20,35H2,1H3/t24?,28?,31-/m1/s1. The highest BCUT2D eigenvalue weighted by Gasteiger charge is 2.47. The molecular formula is C34H35N5O2. The number of fused-ring (bicyclic) bond motifs is 4. The number of imidazole rings is 1. The van der Waals surface area contributed by atoms with Gasteiger partial charge >= 0.3 is 0 Å². The van der Waals surface area contributed by atoms with Crippen molar-refractivity contribution in [2.75, 3.05) is 13.7 Å². The minimum Gasteiger partial charge on any atom is -0.494 e. The Kier molecular flexibility index (Phi) is 5.71. The van der Waals surface area contributed by atoms with Crippen molar-refractivity contribution in [1.29, 1.82) is 0 Å². The third-order valence-corrected chi connectivity index (χ3v) is 9.55. The molecule has 2 aliphatic carbocycles. The van der Waals surface area contributed by atoms with Crippen LogP contribution in [0.4, 0.5) is 0 Å². The van der Waals surface area contributed by atoms with Crippen molar-refractivity contribution in [3.63, 3.8) is 0 Å². The number of nitrogens with two attached hydrogens (primary N) is 1. The normalized spacial score (nSPS) is 21.8. The van der Waals surface area contributed by atoms with Crippen LogP contribution in [0.15, 0.2) is 72.8 Å². The lowest BCUT2D eigenvalue weighted by Crippen LogP contribution is -2.41. The molecule has 1 amide bonds. The van der Waals surface area contributed by atoms with Gasteiger partial charge in [-0.3, -0.25) is 4.79 Å². The molecule has 7 nitrogen and oxygen atoms in total. The van der Waals surface area contributed by atoms with Gasteiger partial charge in [-0.05, 0) is 67.3 Å². The van der Waals surface area contributed by atoms with Crippen molar-refractivity contribution in [2.24, 2.45) is 17.6 Å². The molecule has 2 aromatic heterocycles. The van der Waals surface area contributed by atoms with Crippen LogP contribution in [-0.2, 0) is 13.1 Å². The number of carbonyl (C=O) groups is 1. The largest absolute Gasteiger partial charge is 0.494 e. The molecule has 3 fully saturated rings. The maximum atomic E-state index is 13.8. The lowest BCUT2D eigenvalue weighted by atomic mass is 10.1. The summed E-state index contributed by atoms with van der Waals surface area (Å²) in [4.78, 5) is 21.1. The van der Waals surface area contributed by atoms with Crippen LogP contribution in [-0.4, -0.2) is 50.7 Å². The van der Waals surface area contributed by atoms with E-state index in [4.69, 9.17) is 15.5 Å². The summed E-state index contributed by atoms with van der Waals surface area (Å²) in [5.74, 6) is 2.69. The number of benzene rings is 3. The zero-order valence-corrected chi connectivity index (χ0v) is 23.4. The van der Waals surface area contributed by atoms with E-state index in [1.807, 2.05) is 23.1 Å². The van der Waals surface area contributed by atoms with Gasteiger partial charge in [-0.1, -0.05) is 48.5 Å². The molecule has 0 spiro atoms. The summed E-state index contributed by atoms with van der Waals surface area (Å²) in [5, 5.41) is 1.21. The molecule has 1 aliphatic heterocycles. The molecule has 3 aromatic carbocycles. The first-order valence-electron chi connectivity index (χ1n) is 14.9. The Morgan fingerprint density at radius 2 is 1.78 bits per heavy atom. The van der Waals surface area contributed by atoms with Crippen molar-refractivity contribution in [1.82, 2.24) is 19.0 Å². The number of ether oxygens (including phenoxy) is 1. The quantitative estimate of drug-likeness (QED) is 0.285. The van der Waals surface area contributed by atoms with E-state index in [1.54, 1.807) is 7.11 Å². The van der Waals surface area contributed by atoms with Crippen molar-refractivity contribution in [3.8, 4) is 17.3 Å². The summed E-state index contributed by atoms with van der Waals surface area (Å²) >= 11 is 0. The number of hydrogen-bond acceptors (Lipinski definition) is 4. The average Bonchev–Trinajstić information content (AvgIpc) is 3.37. The Labute approximate surface area is 239 Å². The summed E-state index contributed by atoms with van der Waals surface area (Å²) in [6.07, 6.45) is 4.64. The lowest BCUT2D eigenvalue weighted by Gasteiger charge is -2.27. The van der Waals surface area contributed by atoms with Gasteiger partial charge in [0, 0.05) is 48.2 Å². The van der Waals surface area contributed by atoms with Crippen LogP contribution in [0.2, 0.25) is 0 Å². The van der Waals surface area contributed by atoms with Gasteiger partial charge in [0.15, 0.2) is 5.82 Å². The number of piperidine rings is 1. The van der Waals surface area contributed by atoms with Gasteiger partial charge in [-0.2, -0.15) is 0 Å². The molecule has 2 N–H and O–H groups in total. The van der Waals surface area contributed by atoms with Gasteiger partial charge in [0.2, 0.25) is 0 Å². The van der Waals surface area contributed by atoms with Crippen LogP contribution in [0.25, 0.3) is 33.5 Å². The molecule has 2 saturated carbocycles. The zero-order valence-electron chi connectivity index (χ0n) is 23.4. The first-order chi connectivity index (χ1) is 20.1. The molecule has 208 valence electrons. The molecule has 7 heteroatoms. The maximum Gasteiger partial charge on any atom is 0.254 e. The molecular weight excluding hydrogens is 510 g/mol. The van der Waals surface area contributed by atoms with Crippen molar-refractivity contribution >= 4 is 27.8 Å². The van der Waals surface area contributed by atoms with Crippen molar-refractivity contribution in [2.45, 2.75) is 50.9 Å². The predicted octanol–water partition coefficient (Wildman–Crippen LogP) is 5.69. The first kappa shape index (κ1) is 24.7. The van der Waals surface area contributed by atoms with E-state index in [0.717, 1.165) is 48.5 Å². The number of para-hydroxylation sites is 1. The highest BCUT2D eigenvalue weighted by atomic mass is 16.5. The molecule has 3 heterocycles. The van der Waals surface area contributed by atoms with E-state index in [-0.39, 0.29) is 18.0 Å². The third-order valence-electron chi connectivity index (χ3n) is 9.55. The minimum absolute atomic E-state index is 0.0230. The molecule has 3 atom stereocenters. The second kappa shape index (κ2) is 9.48. The number of nitrogens with zero attached hydrogens (tertiary/aromatic N) is 4. The topological polar surface area (TPSA) is 78.3 Å². The number of aromatic nitrogens is 3. The summed E-state index contributed by atoms with van der Waals surface area (Å²) < 4.78 is 10.7. The van der Waals surface area contributed by atoms with E-state index in [1.165, 1.54) is 29.3 Å². The van der Waals surface area contributed by atoms with Gasteiger partial charge in [0.05, 0.1) is 18.3 Å². The summed E-state index contributed by atoms with van der Waals surface area (Å²) in [6, 6.07) is 25.4. The molecule has 2 unspecified atom stereocenters. The summed E-state index contributed by atoms with van der Waals surface area (Å²) in [5.41, 5.74) is 12.3. The first-order valence-corrected chi connectivity index (χ1v) is 14.9. The lowest BCUT2D eigenvalue weighted by molar-refractivity contribution is 0.0700. The Bertz CT molecular complexity index is 1780. The van der Waals surface area contributed by atoms with E-state index in [0.29, 0.717) is 29.7 Å². The Balaban J connectivity index is 1.31. The fourth-order valence-electron chi connectivity index (χ4n) is 7.22. The SMILES string of the molecule is COc1cc(C(=O)N2CC3CCC2[C@@H]3N)cc2nc(-c3cc4ccccc4n3CC3CC3)n(Cc3ccccc3)c12. The smallest absolute Gasteiger partial charge is 0.254 e. The zero-order chi connectivity index (χ0) is 27.7. The molecule has 1 saturated heterocycles. The molecule has 2 bridgehead atoms. The van der Waals surface area contributed by atoms with Crippen molar-refractivity contribution < 1.29 is 9.53 Å². The van der Waals surface area contributed by atoms with Gasteiger partial charge in [-0.15, -0.1) is 0 Å². The molecule has 5 aromatic rings. The Morgan fingerprint density at radius 3 is 2.51 bits per heavy atom. The van der Waals surface area contributed by atoms with Gasteiger partial charge in [0.25, 0.3) is 5.91 Å². The number of amides is 1. The maximum absolute atomic E-state index is 13.8. The highest BCUT2D eigenvalue weighted by Crippen LogP contribution is 2.40. The van der Waals surface area contributed by atoms with E-state index >= 15 is 0 Å². The van der Waals surface area contributed by atoms with Crippen LogP contribution in [0, 0.1) is 11.8 Å². The van der Waals surface area contributed by atoms with Gasteiger partial charge in [0.1, 0.15) is 11.3 Å². The Hall–Kier alpha value is -4.10. The number of carbonyl (C=O) groups excluding carboxylic acids is 1. The summed E-state index contributed by atoms with van der Waals surface area (Å²) in [6.45, 7) is 2.36. The van der Waals surface area contributed by atoms with E-state index in [2.05, 4.69) is 63.7 Å². The van der Waals surface area contributed by atoms with E-state index < -0.39 is 0 Å². The fraction of sp³-hybridized carbons (Fsp3) is 0.353. The second-order valence-corrected chi connectivity index (χ2v) is 12.1. The number of rotatable bonds is 7. The molecule has 0 radical (unpaired) electrons. The number of likely N-dealkylation sites (tertiary alicyclic amines) is 1.